The van der Waals surface area contributed by atoms with Crippen molar-refractivity contribution in [1.82, 2.24) is 4.57 Å². The van der Waals surface area contributed by atoms with Crippen molar-refractivity contribution in [2.75, 3.05) is 31.1 Å². The molecule has 1 aliphatic heterocycles. The summed E-state index contributed by atoms with van der Waals surface area (Å²) < 4.78 is 6.86. The first-order valence-corrected chi connectivity index (χ1v) is 13.8. The Kier molecular flexibility index (Phi) is 9.23. The monoisotopic (exact) mass is 616 g/mol. The first-order chi connectivity index (χ1) is 21.3. The molecule has 0 spiro atoms. The molecule has 3 aromatic carbocycles. The van der Waals surface area contributed by atoms with Gasteiger partial charge in [0.2, 0.25) is 0 Å². The Balaban J connectivity index is 1.70. The first kappa shape index (κ1) is 30.7. The first-order valence-electron chi connectivity index (χ1n) is 13.4. The minimum atomic E-state index is -0.535. The number of fused-ring (bicyclic) bond motifs is 1. The third-order valence-electron chi connectivity index (χ3n) is 7.02. The van der Waals surface area contributed by atoms with Crippen LogP contribution in [0.4, 0.5) is 11.4 Å². The van der Waals surface area contributed by atoms with Crippen LogP contribution in [-0.4, -0.2) is 42.2 Å². The van der Waals surface area contributed by atoms with E-state index in [0.717, 1.165) is 16.3 Å². The van der Waals surface area contributed by atoms with Crippen LogP contribution in [0.1, 0.15) is 27.0 Å². The Labute approximate surface area is 257 Å². The maximum Gasteiger partial charge on any atom is 0.284 e. The van der Waals surface area contributed by atoms with Crippen LogP contribution in [0, 0.1) is 0 Å². The number of hydrogen-bond acceptors (Lipinski definition) is 9. The quantitative estimate of drug-likeness (QED) is 0.200. The maximum atomic E-state index is 14.1. The molecule has 1 aromatic heterocycles. The summed E-state index contributed by atoms with van der Waals surface area (Å²) in [5, 5.41) is 23.4. The Morgan fingerprint density at radius 2 is 1.59 bits per heavy atom. The number of benzene rings is 3. The molecule has 1 amide bonds. The van der Waals surface area contributed by atoms with Gasteiger partial charge in [0.05, 0.1) is 28.7 Å². The molecule has 2 N–H and O–H groups in total. The molecule has 44 heavy (non-hydrogen) atoms. The van der Waals surface area contributed by atoms with Crippen LogP contribution in [0.2, 0.25) is 5.02 Å². The minimum absolute atomic E-state index is 0.0256. The van der Waals surface area contributed by atoms with E-state index in [2.05, 4.69) is 14.9 Å². The Bertz CT molecular complexity index is 1900. The molecular weight excluding hydrogens is 588 g/mol. The molecule has 5 rings (SSSR count). The van der Waals surface area contributed by atoms with Gasteiger partial charge in [-0.1, -0.05) is 54.1 Å². The zero-order chi connectivity index (χ0) is 31.4. The van der Waals surface area contributed by atoms with Gasteiger partial charge in [0.1, 0.15) is 24.5 Å². The van der Waals surface area contributed by atoms with Crippen molar-refractivity contribution in [2.45, 2.75) is 13.2 Å². The summed E-state index contributed by atoms with van der Waals surface area (Å²) in [6.07, 6.45) is 5.08. The van der Waals surface area contributed by atoms with E-state index in [1.807, 2.05) is 49.3 Å². The smallest absolute Gasteiger partial charge is 0.284 e. The van der Waals surface area contributed by atoms with Crippen LogP contribution in [0.5, 0.6) is 5.75 Å². The van der Waals surface area contributed by atoms with Crippen LogP contribution in [0.25, 0.3) is 17.8 Å². The lowest BCUT2D eigenvalue weighted by Crippen LogP contribution is -2.44. The Morgan fingerprint density at radius 3 is 2.23 bits per heavy atom. The number of hydrogen-bond donors (Lipinski definition) is 2. The fourth-order valence-electron chi connectivity index (χ4n) is 4.75. The minimum Gasteiger partial charge on any atom is -0.495 e. The lowest BCUT2D eigenvalue weighted by Gasteiger charge is -2.13. The number of rotatable bonds is 10. The molecule has 1 aliphatic rings. The molecule has 0 aliphatic carbocycles. The van der Waals surface area contributed by atoms with Crippen molar-refractivity contribution in [3.05, 3.63) is 121 Å². The van der Waals surface area contributed by atoms with Gasteiger partial charge in [0, 0.05) is 19.8 Å². The van der Waals surface area contributed by atoms with Gasteiger partial charge in [-0.3, -0.25) is 24.7 Å². The molecule has 2 heterocycles. The van der Waals surface area contributed by atoms with E-state index in [1.165, 1.54) is 11.7 Å². The third kappa shape index (κ3) is 6.00. The average molecular weight is 617 g/mol. The van der Waals surface area contributed by atoms with Crippen LogP contribution in [0.15, 0.2) is 82.7 Å². The van der Waals surface area contributed by atoms with Crippen LogP contribution in [-0.2, 0) is 23.0 Å². The summed E-state index contributed by atoms with van der Waals surface area (Å²) in [7, 11) is 5.35. The molecular formula is C32H29ClN4O7. The van der Waals surface area contributed by atoms with Crippen LogP contribution in [0.3, 0.4) is 0 Å². The second-order valence-electron chi connectivity index (χ2n) is 10.0. The second kappa shape index (κ2) is 13.2. The van der Waals surface area contributed by atoms with Crippen molar-refractivity contribution in [3.8, 4) is 11.4 Å². The number of amides is 1. The van der Waals surface area contributed by atoms with E-state index in [1.54, 1.807) is 54.6 Å². The summed E-state index contributed by atoms with van der Waals surface area (Å²) >= 11 is 6.80. The Morgan fingerprint density at radius 1 is 0.932 bits per heavy atom. The number of aromatic nitrogens is 1. The molecule has 0 bridgehead atoms. The van der Waals surface area contributed by atoms with Gasteiger partial charge in [-0.05, 0) is 59.2 Å². The number of carbonyl (C=O) groups excluding carboxylic acids is 1. The van der Waals surface area contributed by atoms with Crippen molar-refractivity contribution in [1.29, 1.82) is 0 Å². The number of carbonyl (C=O) groups is 1. The molecule has 0 saturated carbocycles. The van der Waals surface area contributed by atoms with Gasteiger partial charge in [-0.15, -0.1) is 5.10 Å². The predicted octanol–water partition coefficient (Wildman–Crippen LogP) is 4.23. The standard InChI is InChI=1S/C32H29ClN4O7/c1-35(2)23-12-7-20(8-13-23)5-4-6-25-29(33)28-30(34-37(32(28)39)24-14-9-21(10-15-24)18-43-40)36(31(25)38)26-16-11-22(19-44-41)17-27(26)42-3/h4-17,40-41H,18-19H2,1-3H3/b5-4+,25-6+. The van der Waals surface area contributed by atoms with Gasteiger partial charge in [0.15, 0.2) is 5.49 Å². The normalized spacial score (nSPS) is 13.0. The highest BCUT2D eigenvalue weighted by atomic mass is 35.5. The van der Waals surface area contributed by atoms with E-state index >= 15 is 0 Å². The molecule has 11 nitrogen and oxygen atoms in total. The molecule has 226 valence electrons. The molecule has 4 aromatic rings. The van der Waals surface area contributed by atoms with Crippen LogP contribution < -0.4 is 30.9 Å². The van der Waals surface area contributed by atoms with Crippen molar-refractivity contribution in [2.24, 2.45) is 5.10 Å². The highest BCUT2D eigenvalue weighted by Gasteiger charge is 2.32. The number of anilines is 2. The number of ether oxygens (including phenoxy) is 1. The molecule has 0 saturated heterocycles. The number of methoxy groups -OCH3 is 1. The highest BCUT2D eigenvalue weighted by Crippen LogP contribution is 2.26. The maximum absolute atomic E-state index is 14.1. The predicted molar refractivity (Wildman–Crippen MR) is 167 cm³/mol. The number of halogens is 1. The summed E-state index contributed by atoms with van der Waals surface area (Å²) in [6.45, 7) is -0.127. The zero-order valence-corrected chi connectivity index (χ0v) is 24.9. The lowest BCUT2D eigenvalue weighted by molar-refractivity contribution is -0.253. The number of allylic oxidation sites excluding steroid dienone is 1. The average Bonchev–Trinajstić information content (AvgIpc) is 3.36. The molecule has 0 radical (unpaired) electrons. The van der Waals surface area contributed by atoms with E-state index in [0.29, 0.717) is 22.5 Å². The fraction of sp³-hybridized carbons (Fsp3) is 0.156. The summed E-state index contributed by atoms with van der Waals surface area (Å²) in [5.41, 5.74) is 3.46. The highest BCUT2D eigenvalue weighted by molar-refractivity contribution is 6.34. The van der Waals surface area contributed by atoms with Crippen molar-refractivity contribution < 1.29 is 29.8 Å². The van der Waals surface area contributed by atoms with Crippen molar-refractivity contribution >= 4 is 41.0 Å². The van der Waals surface area contributed by atoms with Crippen LogP contribution >= 0.6 is 11.6 Å². The molecule has 0 fully saturated rings. The van der Waals surface area contributed by atoms with E-state index in [-0.39, 0.29) is 40.3 Å². The molecule has 12 heteroatoms. The van der Waals surface area contributed by atoms with Crippen molar-refractivity contribution in [3.63, 3.8) is 0 Å². The third-order valence-corrected chi connectivity index (χ3v) is 7.41. The zero-order valence-electron chi connectivity index (χ0n) is 24.1. The van der Waals surface area contributed by atoms with Gasteiger partial charge in [-0.2, -0.15) is 5.01 Å². The Hall–Kier alpha value is -4.78. The summed E-state index contributed by atoms with van der Waals surface area (Å²) in [6, 6.07) is 19.3. The summed E-state index contributed by atoms with van der Waals surface area (Å²) in [4.78, 5) is 38.4. The molecule has 0 atom stereocenters. The SMILES string of the molecule is COc1cc(COO)ccc1-n1c2c(c(Cl)/c(=C\C=C\c3ccc(N(C)C)cc3)c1=O)C(=O)N(c1ccc(COO)cc1)N=2. The molecule has 0 unspecified atom stereocenters. The number of nitrogens with zero attached hydrogens (tertiary/aromatic N) is 4. The van der Waals surface area contributed by atoms with Gasteiger partial charge in [-0.25, -0.2) is 9.78 Å². The van der Waals surface area contributed by atoms with E-state index in [9.17, 15) is 9.59 Å². The van der Waals surface area contributed by atoms with E-state index in [4.69, 9.17) is 26.9 Å². The lowest BCUT2D eigenvalue weighted by atomic mass is 10.1. The van der Waals surface area contributed by atoms with Gasteiger partial charge >= 0.3 is 0 Å². The van der Waals surface area contributed by atoms with Gasteiger partial charge in [0.25, 0.3) is 11.5 Å². The van der Waals surface area contributed by atoms with E-state index < -0.39 is 11.5 Å². The largest absolute Gasteiger partial charge is 0.495 e. The number of pyridine rings is 1. The second-order valence-corrected chi connectivity index (χ2v) is 10.4. The fourth-order valence-corrected chi connectivity index (χ4v) is 5.06. The topological polar surface area (TPSA) is 126 Å². The summed E-state index contributed by atoms with van der Waals surface area (Å²) in [5.74, 6) is -0.254. The van der Waals surface area contributed by atoms with Gasteiger partial charge < -0.3 is 9.64 Å².